The Labute approximate surface area is 115 Å². The average Bonchev–Trinajstić information content (AvgIpc) is 2.29. The second kappa shape index (κ2) is 8.68. The lowest BCUT2D eigenvalue weighted by Crippen LogP contribution is -2.25. The molecule has 0 aliphatic carbocycles. The SMILES string of the molecule is CC(=O)NCCC(C(=O)O)=C(CCNC(C)=O)C(=O)O. The lowest BCUT2D eigenvalue weighted by Gasteiger charge is -2.10. The number of hydrogen-bond acceptors (Lipinski definition) is 4. The van der Waals surface area contributed by atoms with Crippen molar-refractivity contribution in [1.82, 2.24) is 10.6 Å². The number of aliphatic carboxylic acids is 2. The highest BCUT2D eigenvalue weighted by Crippen LogP contribution is 2.13. The van der Waals surface area contributed by atoms with Crippen LogP contribution < -0.4 is 10.6 Å². The van der Waals surface area contributed by atoms with Crippen molar-refractivity contribution in [2.75, 3.05) is 13.1 Å². The van der Waals surface area contributed by atoms with Crippen molar-refractivity contribution in [3.8, 4) is 0 Å². The first-order chi connectivity index (χ1) is 9.25. The quantitative estimate of drug-likeness (QED) is 0.445. The molecule has 0 unspecified atom stereocenters. The van der Waals surface area contributed by atoms with E-state index in [1.165, 1.54) is 13.8 Å². The van der Waals surface area contributed by atoms with Crippen LogP contribution in [0.5, 0.6) is 0 Å². The van der Waals surface area contributed by atoms with E-state index in [9.17, 15) is 19.2 Å². The molecule has 0 heterocycles. The van der Waals surface area contributed by atoms with E-state index < -0.39 is 11.9 Å². The molecule has 0 radical (unpaired) electrons. The van der Waals surface area contributed by atoms with E-state index in [2.05, 4.69) is 10.6 Å². The van der Waals surface area contributed by atoms with Crippen LogP contribution in [0.2, 0.25) is 0 Å². The smallest absolute Gasteiger partial charge is 0.332 e. The van der Waals surface area contributed by atoms with E-state index in [-0.39, 0.29) is 48.9 Å². The number of carbonyl (C=O) groups is 4. The van der Waals surface area contributed by atoms with Gasteiger partial charge in [-0.15, -0.1) is 0 Å². The van der Waals surface area contributed by atoms with Crippen molar-refractivity contribution in [3.63, 3.8) is 0 Å². The Morgan fingerprint density at radius 3 is 1.25 bits per heavy atom. The largest absolute Gasteiger partial charge is 0.478 e. The van der Waals surface area contributed by atoms with Gasteiger partial charge in [-0.2, -0.15) is 0 Å². The van der Waals surface area contributed by atoms with Crippen molar-refractivity contribution in [2.24, 2.45) is 0 Å². The Morgan fingerprint density at radius 2 is 1.05 bits per heavy atom. The fourth-order valence-electron chi connectivity index (χ4n) is 1.50. The molecule has 0 rings (SSSR count). The molecule has 0 saturated heterocycles. The van der Waals surface area contributed by atoms with Gasteiger partial charge in [-0.1, -0.05) is 0 Å². The molecule has 0 fully saturated rings. The van der Waals surface area contributed by atoms with Crippen LogP contribution in [0.25, 0.3) is 0 Å². The maximum Gasteiger partial charge on any atom is 0.332 e. The van der Waals surface area contributed by atoms with Gasteiger partial charge in [0.1, 0.15) is 0 Å². The van der Waals surface area contributed by atoms with Crippen LogP contribution in [0.4, 0.5) is 0 Å². The van der Waals surface area contributed by atoms with Crippen LogP contribution in [0.3, 0.4) is 0 Å². The lowest BCUT2D eigenvalue weighted by molar-refractivity contribution is -0.136. The number of amides is 2. The Kier molecular flexibility index (Phi) is 7.64. The highest BCUT2D eigenvalue weighted by molar-refractivity contribution is 5.98. The van der Waals surface area contributed by atoms with Crippen molar-refractivity contribution in [3.05, 3.63) is 11.1 Å². The maximum atomic E-state index is 11.1. The fraction of sp³-hybridized carbons (Fsp3) is 0.500. The Balaban J connectivity index is 4.93. The first kappa shape index (κ1) is 17.6. The first-order valence-corrected chi connectivity index (χ1v) is 5.93. The third kappa shape index (κ3) is 7.14. The van der Waals surface area contributed by atoms with Crippen molar-refractivity contribution in [1.29, 1.82) is 0 Å². The predicted molar refractivity (Wildman–Crippen MR) is 68.9 cm³/mol. The molecule has 20 heavy (non-hydrogen) atoms. The molecule has 0 aliphatic rings. The van der Waals surface area contributed by atoms with Gasteiger partial charge >= 0.3 is 11.9 Å². The zero-order chi connectivity index (χ0) is 15.7. The highest BCUT2D eigenvalue weighted by Gasteiger charge is 2.19. The van der Waals surface area contributed by atoms with Crippen LogP contribution >= 0.6 is 0 Å². The van der Waals surface area contributed by atoms with E-state index in [0.717, 1.165) is 0 Å². The monoisotopic (exact) mass is 286 g/mol. The van der Waals surface area contributed by atoms with Gasteiger partial charge in [0.05, 0.1) is 0 Å². The summed E-state index contributed by atoms with van der Waals surface area (Å²) in [5.74, 6) is -3.36. The second-order valence-electron chi connectivity index (χ2n) is 4.03. The number of rotatable bonds is 8. The van der Waals surface area contributed by atoms with E-state index in [4.69, 9.17) is 10.2 Å². The zero-order valence-corrected chi connectivity index (χ0v) is 11.4. The minimum absolute atomic E-state index is 0.0356. The molecule has 112 valence electrons. The van der Waals surface area contributed by atoms with Crippen LogP contribution in [0, 0.1) is 0 Å². The number of carboxylic acid groups (broad SMARTS) is 2. The molecule has 0 aromatic rings. The van der Waals surface area contributed by atoms with E-state index in [1.807, 2.05) is 0 Å². The van der Waals surface area contributed by atoms with Crippen LogP contribution in [-0.4, -0.2) is 47.1 Å². The van der Waals surface area contributed by atoms with Gasteiger partial charge in [0.25, 0.3) is 0 Å². The van der Waals surface area contributed by atoms with Crippen LogP contribution in [0.1, 0.15) is 26.7 Å². The summed E-state index contributed by atoms with van der Waals surface area (Å²) in [4.78, 5) is 43.6. The van der Waals surface area contributed by atoms with E-state index in [1.54, 1.807) is 0 Å². The van der Waals surface area contributed by atoms with Gasteiger partial charge in [0.15, 0.2) is 0 Å². The number of nitrogens with one attached hydrogen (secondary N) is 2. The standard InChI is InChI=1S/C12H18N2O6/c1-7(15)13-5-3-9(11(17)18)10(12(19)20)4-6-14-8(2)16/h3-6H2,1-2H3,(H,13,15)(H,14,16)(H,17,18)(H,19,20). The molecule has 0 saturated carbocycles. The van der Waals surface area contributed by atoms with Gasteiger partial charge in [0, 0.05) is 38.1 Å². The topological polar surface area (TPSA) is 133 Å². The Morgan fingerprint density at radius 1 is 0.750 bits per heavy atom. The molecule has 0 spiro atoms. The average molecular weight is 286 g/mol. The summed E-state index contributed by atoms with van der Waals surface area (Å²) in [6, 6.07) is 0. The summed E-state index contributed by atoms with van der Waals surface area (Å²) in [5.41, 5.74) is -0.562. The van der Waals surface area contributed by atoms with Gasteiger partial charge in [-0.05, 0) is 12.8 Å². The summed E-state index contributed by atoms with van der Waals surface area (Å²) >= 11 is 0. The molecular formula is C12H18N2O6. The summed E-state index contributed by atoms with van der Waals surface area (Å²) < 4.78 is 0. The maximum absolute atomic E-state index is 11.1. The molecule has 0 aromatic carbocycles. The number of carbonyl (C=O) groups excluding carboxylic acids is 2. The third-order valence-electron chi connectivity index (χ3n) is 2.38. The number of carboxylic acids is 2. The molecule has 0 bridgehead atoms. The molecule has 0 aliphatic heterocycles. The second-order valence-corrected chi connectivity index (χ2v) is 4.03. The third-order valence-corrected chi connectivity index (χ3v) is 2.38. The summed E-state index contributed by atoms with van der Waals surface area (Å²) in [7, 11) is 0. The van der Waals surface area contributed by atoms with Gasteiger partial charge in [0.2, 0.25) is 11.8 Å². The van der Waals surface area contributed by atoms with Gasteiger partial charge < -0.3 is 20.8 Å². The van der Waals surface area contributed by atoms with Crippen molar-refractivity contribution >= 4 is 23.8 Å². The highest BCUT2D eigenvalue weighted by atomic mass is 16.4. The first-order valence-electron chi connectivity index (χ1n) is 5.93. The summed E-state index contributed by atoms with van der Waals surface area (Å²) in [6.07, 6.45) is -0.201. The van der Waals surface area contributed by atoms with E-state index >= 15 is 0 Å². The number of hydrogen-bond donors (Lipinski definition) is 4. The fourth-order valence-corrected chi connectivity index (χ4v) is 1.50. The molecule has 8 nitrogen and oxygen atoms in total. The van der Waals surface area contributed by atoms with E-state index in [0.29, 0.717) is 0 Å². The Hall–Kier alpha value is -2.38. The normalized spacial score (nSPS) is 11.3. The van der Waals surface area contributed by atoms with Crippen LogP contribution in [0.15, 0.2) is 11.1 Å². The van der Waals surface area contributed by atoms with Crippen molar-refractivity contribution < 1.29 is 29.4 Å². The predicted octanol–water partition coefficient (Wildman–Crippen LogP) is -0.495. The molecule has 4 N–H and O–H groups in total. The molecule has 8 heteroatoms. The van der Waals surface area contributed by atoms with Crippen LogP contribution in [-0.2, 0) is 19.2 Å². The van der Waals surface area contributed by atoms with Gasteiger partial charge in [-0.25, -0.2) is 9.59 Å². The molecular weight excluding hydrogens is 268 g/mol. The molecule has 0 aromatic heterocycles. The minimum atomic E-state index is -1.35. The van der Waals surface area contributed by atoms with Gasteiger partial charge in [-0.3, -0.25) is 9.59 Å². The minimum Gasteiger partial charge on any atom is -0.478 e. The van der Waals surface area contributed by atoms with Crippen molar-refractivity contribution in [2.45, 2.75) is 26.7 Å². The lowest BCUT2D eigenvalue weighted by atomic mass is 10.0. The molecule has 0 atom stereocenters. The summed E-state index contributed by atoms with van der Waals surface area (Å²) in [6.45, 7) is 2.62. The zero-order valence-electron chi connectivity index (χ0n) is 11.4. The molecule has 2 amide bonds. The summed E-state index contributed by atoms with van der Waals surface area (Å²) in [5, 5.41) is 22.9. The Bertz CT molecular complexity index is 401.